The molecule has 0 saturated carbocycles. The van der Waals surface area contributed by atoms with Crippen molar-refractivity contribution in [2.45, 2.75) is 5.16 Å². The number of aromatic nitrogens is 3. The second-order valence-corrected chi connectivity index (χ2v) is 8.92. The minimum atomic E-state index is -0.249. The molecule has 1 heterocycles. The van der Waals surface area contributed by atoms with E-state index < -0.39 is 0 Å². The van der Waals surface area contributed by atoms with Gasteiger partial charge in [0.15, 0.2) is 11.0 Å². The van der Waals surface area contributed by atoms with E-state index in [2.05, 4.69) is 36.7 Å². The van der Waals surface area contributed by atoms with Gasteiger partial charge in [-0.2, -0.15) is 5.10 Å². The maximum atomic E-state index is 12.3. The minimum absolute atomic E-state index is 0.137. The molecule has 0 radical (unpaired) electrons. The number of hydrazone groups is 1. The van der Waals surface area contributed by atoms with E-state index in [4.69, 9.17) is 11.6 Å². The van der Waals surface area contributed by atoms with Gasteiger partial charge in [-0.15, -0.1) is 10.2 Å². The normalized spacial score (nSPS) is 11.1. The van der Waals surface area contributed by atoms with Crippen molar-refractivity contribution in [1.29, 1.82) is 0 Å². The van der Waals surface area contributed by atoms with Gasteiger partial charge >= 0.3 is 0 Å². The van der Waals surface area contributed by atoms with E-state index in [1.54, 1.807) is 18.3 Å². The van der Waals surface area contributed by atoms with E-state index in [0.717, 1.165) is 21.3 Å². The van der Waals surface area contributed by atoms with Gasteiger partial charge in [-0.25, -0.2) is 5.43 Å². The number of halogens is 2. The second-order valence-electron chi connectivity index (χ2n) is 6.62. The van der Waals surface area contributed by atoms with Gasteiger partial charge in [0.25, 0.3) is 5.91 Å². The molecule has 0 saturated heterocycles. The topological polar surface area (TPSA) is 72.2 Å². The lowest BCUT2D eigenvalue weighted by atomic mass is 10.2. The van der Waals surface area contributed by atoms with Crippen LogP contribution < -0.4 is 5.43 Å². The first-order valence-electron chi connectivity index (χ1n) is 9.57. The summed E-state index contributed by atoms with van der Waals surface area (Å²) >= 11 is 10.7. The zero-order valence-electron chi connectivity index (χ0n) is 16.7. The molecule has 9 heteroatoms. The van der Waals surface area contributed by atoms with Crippen molar-refractivity contribution in [3.8, 4) is 17.1 Å². The Hall–Kier alpha value is -2.94. The van der Waals surface area contributed by atoms with Crippen LogP contribution in [0.5, 0.6) is 0 Å². The predicted molar refractivity (Wildman–Crippen MR) is 132 cm³/mol. The molecule has 1 aromatic heterocycles. The Morgan fingerprint density at radius 3 is 2.59 bits per heavy atom. The number of nitrogens with one attached hydrogen (secondary N) is 1. The molecule has 1 N–H and O–H groups in total. The molecule has 6 nitrogen and oxygen atoms in total. The smallest absolute Gasteiger partial charge is 0.250 e. The first kappa shape index (κ1) is 22.3. The fourth-order valence-electron chi connectivity index (χ4n) is 2.89. The first-order valence-corrected chi connectivity index (χ1v) is 11.7. The molecule has 1 amide bonds. The number of hydrogen-bond donors (Lipinski definition) is 1. The van der Waals surface area contributed by atoms with Crippen molar-refractivity contribution < 1.29 is 4.79 Å². The highest BCUT2D eigenvalue weighted by molar-refractivity contribution is 9.10. The van der Waals surface area contributed by atoms with Crippen LogP contribution in [0.15, 0.2) is 93.6 Å². The summed E-state index contributed by atoms with van der Waals surface area (Å²) in [5, 5.41) is 13.9. The minimum Gasteiger partial charge on any atom is -0.272 e. The maximum Gasteiger partial charge on any atom is 0.250 e. The van der Waals surface area contributed by atoms with Gasteiger partial charge in [0.05, 0.1) is 12.0 Å². The Morgan fingerprint density at radius 1 is 1.06 bits per heavy atom. The number of carbonyl (C=O) groups is 1. The Morgan fingerprint density at radius 2 is 1.84 bits per heavy atom. The highest BCUT2D eigenvalue weighted by Gasteiger charge is 2.17. The van der Waals surface area contributed by atoms with E-state index >= 15 is 0 Å². The van der Waals surface area contributed by atoms with Gasteiger partial charge in [-0.1, -0.05) is 81.8 Å². The van der Waals surface area contributed by atoms with E-state index in [-0.39, 0.29) is 11.7 Å². The highest BCUT2D eigenvalue weighted by Crippen LogP contribution is 2.28. The van der Waals surface area contributed by atoms with Crippen LogP contribution in [0.25, 0.3) is 17.1 Å². The van der Waals surface area contributed by atoms with Crippen molar-refractivity contribution in [1.82, 2.24) is 20.2 Å². The number of carbonyl (C=O) groups excluding carboxylic acids is 1. The van der Waals surface area contributed by atoms with Crippen LogP contribution in [0.3, 0.4) is 0 Å². The van der Waals surface area contributed by atoms with E-state index in [9.17, 15) is 4.79 Å². The predicted octanol–water partition coefficient (Wildman–Crippen LogP) is 5.59. The van der Waals surface area contributed by atoms with Crippen molar-refractivity contribution >= 4 is 51.4 Å². The van der Waals surface area contributed by atoms with Crippen LogP contribution in [-0.4, -0.2) is 32.6 Å². The molecule has 0 aliphatic heterocycles. The zero-order valence-corrected chi connectivity index (χ0v) is 19.8. The van der Waals surface area contributed by atoms with E-state index in [1.165, 1.54) is 11.8 Å². The summed E-state index contributed by atoms with van der Waals surface area (Å²) in [7, 11) is 0. The summed E-state index contributed by atoms with van der Waals surface area (Å²) < 4.78 is 2.92. The summed E-state index contributed by atoms with van der Waals surface area (Å²) in [6, 6.07) is 24.9. The molecule has 0 fully saturated rings. The monoisotopic (exact) mass is 525 g/mol. The molecular weight excluding hydrogens is 510 g/mol. The highest BCUT2D eigenvalue weighted by atomic mass is 79.9. The molecule has 32 heavy (non-hydrogen) atoms. The molecule has 3 aromatic carbocycles. The number of hydrogen-bond acceptors (Lipinski definition) is 5. The van der Waals surface area contributed by atoms with Crippen molar-refractivity contribution in [3.63, 3.8) is 0 Å². The summed E-state index contributed by atoms with van der Waals surface area (Å²) in [4.78, 5) is 12.3. The number of nitrogens with zero attached hydrogens (tertiary/aromatic N) is 4. The van der Waals surface area contributed by atoms with Crippen LogP contribution in [-0.2, 0) is 4.79 Å². The standard InChI is InChI=1S/C23H17BrClN5OS/c24-18-11-9-17(10-12-18)22-28-29-23(30(22)20-7-2-1-3-8-20)32-15-21(31)27-26-14-16-5-4-6-19(25)13-16/h1-14H,15H2,(H,27,31)/b26-14+. The summed E-state index contributed by atoms with van der Waals surface area (Å²) in [6.07, 6.45) is 1.55. The fourth-order valence-corrected chi connectivity index (χ4v) is 4.09. The van der Waals surface area contributed by atoms with Crippen molar-refractivity contribution in [3.05, 3.63) is 93.9 Å². The van der Waals surface area contributed by atoms with Gasteiger partial charge in [0.2, 0.25) is 0 Å². The molecule has 4 aromatic rings. The van der Waals surface area contributed by atoms with Crippen LogP contribution in [0.4, 0.5) is 0 Å². The molecule has 0 spiro atoms. The third-order valence-electron chi connectivity index (χ3n) is 4.33. The molecule has 0 aliphatic carbocycles. The van der Waals surface area contributed by atoms with Crippen LogP contribution >= 0.6 is 39.3 Å². The number of para-hydroxylation sites is 1. The Bertz CT molecular complexity index is 1240. The van der Waals surface area contributed by atoms with Gasteiger partial charge in [0, 0.05) is 20.7 Å². The molecule has 0 atom stereocenters. The van der Waals surface area contributed by atoms with Gasteiger partial charge in [-0.3, -0.25) is 9.36 Å². The lowest BCUT2D eigenvalue weighted by molar-refractivity contribution is -0.118. The molecule has 160 valence electrons. The molecule has 0 aliphatic rings. The van der Waals surface area contributed by atoms with Crippen LogP contribution in [0.2, 0.25) is 5.02 Å². The number of thioether (sulfide) groups is 1. The Labute approximate surface area is 202 Å². The SMILES string of the molecule is O=C(CSc1nnc(-c2ccc(Br)cc2)n1-c1ccccc1)N/N=C/c1cccc(Cl)c1. The summed E-state index contributed by atoms with van der Waals surface area (Å²) in [5.41, 5.74) is 5.17. The third-order valence-corrected chi connectivity index (χ3v) is 6.03. The average Bonchev–Trinajstić information content (AvgIpc) is 3.23. The van der Waals surface area contributed by atoms with Crippen molar-refractivity contribution in [2.75, 3.05) is 5.75 Å². The van der Waals surface area contributed by atoms with Crippen LogP contribution in [0, 0.1) is 0 Å². The number of amides is 1. The number of benzene rings is 3. The third kappa shape index (κ3) is 5.64. The maximum absolute atomic E-state index is 12.3. The summed E-state index contributed by atoms with van der Waals surface area (Å²) in [6.45, 7) is 0. The quantitative estimate of drug-likeness (QED) is 0.193. The summed E-state index contributed by atoms with van der Waals surface area (Å²) in [5.74, 6) is 0.588. The Kier molecular flexibility index (Phi) is 7.36. The zero-order chi connectivity index (χ0) is 22.3. The average molecular weight is 527 g/mol. The molecular formula is C23H17BrClN5OS. The van der Waals surface area contributed by atoms with E-state index in [1.807, 2.05) is 71.3 Å². The molecule has 0 bridgehead atoms. The Balaban J connectivity index is 1.49. The molecule has 4 rings (SSSR count). The van der Waals surface area contributed by atoms with Crippen molar-refractivity contribution in [2.24, 2.45) is 5.10 Å². The lowest BCUT2D eigenvalue weighted by Crippen LogP contribution is -2.20. The van der Waals surface area contributed by atoms with Crippen LogP contribution in [0.1, 0.15) is 5.56 Å². The second kappa shape index (κ2) is 10.6. The fraction of sp³-hybridized carbons (Fsp3) is 0.0435. The molecule has 0 unspecified atom stereocenters. The van der Waals surface area contributed by atoms with Gasteiger partial charge < -0.3 is 0 Å². The van der Waals surface area contributed by atoms with Gasteiger partial charge in [0.1, 0.15) is 0 Å². The first-order chi connectivity index (χ1) is 15.6. The lowest BCUT2D eigenvalue weighted by Gasteiger charge is -2.10. The number of rotatable bonds is 7. The van der Waals surface area contributed by atoms with E-state index in [0.29, 0.717) is 16.0 Å². The largest absolute Gasteiger partial charge is 0.272 e. The van der Waals surface area contributed by atoms with Gasteiger partial charge in [-0.05, 0) is 42.0 Å².